The highest BCUT2D eigenvalue weighted by atomic mass is 79.9. The lowest BCUT2D eigenvalue weighted by molar-refractivity contribution is -0.117. The fraction of sp³-hybridized carbons (Fsp3) is 0.176. The van der Waals surface area contributed by atoms with E-state index in [1.807, 2.05) is 18.2 Å². The maximum Gasteiger partial charge on any atom is 0.241 e. The molecular formula is C17H17BrN2O2. The molecule has 2 N–H and O–H groups in total. The lowest BCUT2D eigenvalue weighted by Gasteiger charge is -2.14. The normalized spacial score (nSPS) is 11.8. The number of hydrogen-bond acceptors (Lipinski definition) is 3. The summed E-state index contributed by atoms with van der Waals surface area (Å²) in [4.78, 5) is 24.7. The van der Waals surface area contributed by atoms with Crippen LogP contribution in [0.25, 0.3) is 0 Å². The van der Waals surface area contributed by atoms with Gasteiger partial charge in [-0.2, -0.15) is 0 Å². The van der Waals surface area contributed by atoms with Crippen LogP contribution in [0.1, 0.15) is 22.8 Å². The summed E-state index contributed by atoms with van der Waals surface area (Å²) in [6, 6.07) is 13.9. The zero-order valence-corrected chi connectivity index (χ0v) is 14.0. The van der Waals surface area contributed by atoms with Crippen molar-refractivity contribution in [1.29, 1.82) is 0 Å². The first-order chi connectivity index (χ1) is 10.5. The Morgan fingerprint density at radius 1 is 1.09 bits per heavy atom. The average Bonchev–Trinajstić information content (AvgIpc) is 2.55. The van der Waals surface area contributed by atoms with Gasteiger partial charge >= 0.3 is 0 Å². The summed E-state index contributed by atoms with van der Waals surface area (Å²) >= 11 is 3.37. The molecule has 1 atom stereocenters. The minimum Gasteiger partial charge on any atom is -0.324 e. The Hall–Kier alpha value is -1.98. The van der Waals surface area contributed by atoms with Crippen LogP contribution in [0.3, 0.4) is 0 Å². The van der Waals surface area contributed by atoms with Crippen molar-refractivity contribution in [3.05, 3.63) is 64.1 Å². The van der Waals surface area contributed by atoms with Crippen LogP contribution in [0, 0.1) is 0 Å². The van der Waals surface area contributed by atoms with E-state index in [0.717, 1.165) is 4.47 Å². The van der Waals surface area contributed by atoms with Gasteiger partial charge in [0.2, 0.25) is 5.91 Å². The van der Waals surface area contributed by atoms with Gasteiger partial charge < -0.3 is 10.6 Å². The largest absolute Gasteiger partial charge is 0.324 e. The number of likely N-dealkylation sites (N-methyl/N-ethyl adjacent to an activating group) is 1. The number of carbonyl (C=O) groups excluding carboxylic acids is 2. The maximum atomic E-state index is 12.7. The van der Waals surface area contributed by atoms with Gasteiger partial charge in [0.05, 0.1) is 11.7 Å². The second-order valence-electron chi connectivity index (χ2n) is 4.88. The molecule has 0 fully saturated rings. The third-order valence-electron chi connectivity index (χ3n) is 3.35. The van der Waals surface area contributed by atoms with E-state index in [2.05, 4.69) is 26.6 Å². The van der Waals surface area contributed by atoms with E-state index in [-0.39, 0.29) is 17.7 Å². The number of rotatable bonds is 5. The monoisotopic (exact) mass is 360 g/mol. The van der Waals surface area contributed by atoms with E-state index in [4.69, 9.17) is 0 Å². The molecule has 2 rings (SSSR count). The molecule has 0 aliphatic carbocycles. The lowest BCUT2D eigenvalue weighted by Crippen LogP contribution is -2.35. The molecule has 0 aromatic heterocycles. The SMILES string of the molecule is CNC(C)C(=O)Nc1ccc(Br)cc1C(=O)c1ccccc1. The fourth-order valence-electron chi connectivity index (χ4n) is 1.93. The summed E-state index contributed by atoms with van der Waals surface area (Å²) in [5, 5.41) is 5.67. The highest BCUT2D eigenvalue weighted by molar-refractivity contribution is 9.10. The van der Waals surface area contributed by atoms with E-state index in [0.29, 0.717) is 16.8 Å². The van der Waals surface area contributed by atoms with Crippen LogP contribution in [-0.4, -0.2) is 24.8 Å². The van der Waals surface area contributed by atoms with Crippen molar-refractivity contribution in [3.63, 3.8) is 0 Å². The van der Waals surface area contributed by atoms with Crippen molar-refractivity contribution in [3.8, 4) is 0 Å². The van der Waals surface area contributed by atoms with Crippen molar-refractivity contribution in [2.75, 3.05) is 12.4 Å². The molecule has 0 heterocycles. The first-order valence-corrected chi connectivity index (χ1v) is 7.69. The zero-order valence-electron chi connectivity index (χ0n) is 12.4. The van der Waals surface area contributed by atoms with Gasteiger partial charge in [0.15, 0.2) is 5.78 Å². The Morgan fingerprint density at radius 3 is 2.41 bits per heavy atom. The van der Waals surface area contributed by atoms with E-state index in [1.165, 1.54) is 0 Å². The van der Waals surface area contributed by atoms with Crippen molar-refractivity contribution < 1.29 is 9.59 Å². The third kappa shape index (κ3) is 3.81. The van der Waals surface area contributed by atoms with Gasteiger partial charge in [-0.15, -0.1) is 0 Å². The standard InChI is InChI=1S/C17H17BrN2O2/c1-11(19-2)17(22)20-15-9-8-13(18)10-14(15)16(21)12-6-4-3-5-7-12/h3-11,19H,1-2H3,(H,20,22). The third-order valence-corrected chi connectivity index (χ3v) is 3.84. The molecule has 0 saturated heterocycles. The molecule has 2 aromatic carbocycles. The molecule has 0 aliphatic heterocycles. The highest BCUT2D eigenvalue weighted by Crippen LogP contribution is 2.24. The number of benzene rings is 2. The molecular weight excluding hydrogens is 344 g/mol. The molecule has 22 heavy (non-hydrogen) atoms. The average molecular weight is 361 g/mol. The Labute approximate surface area is 138 Å². The van der Waals surface area contributed by atoms with E-state index < -0.39 is 0 Å². The minimum absolute atomic E-state index is 0.130. The van der Waals surface area contributed by atoms with Gasteiger partial charge in [-0.3, -0.25) is 9.59 Å². The molecule has 1 amide bonds. The summed E-state index contributed by atoms with van der Waals surface area (Å²) in [7, 11) is 1.71. The van der Waals surface area contributed by atoms with Crippen LogP contribution in [0.2, 0.25) is 0 Å². The van der Waals surface area contributed by atoms with E-state index in [9.17, 15) is 9.59 Å². The lowest BCUT2D eigenvalue weighted by atomic mass is 10.0. The second kappa shape index (κ2) is 7.33. The number of hydrogen-bond donors (Lipinski definition) is 2. The van der Waals surface area contributed by atoms with Gasteiger partial charge in [0, 0.05) is 15.6 Å². The molecule has 114 valence electrons. The predicted molar refractivity (Wildman–Crippen MR) is 91.2 cm³/mol. The zero-order chi connectivity index (χ0) is 16.1. The predicted octanol–water partition coefficient (Wildman–Crippen LogP) is 3.23. The topological polar surface area (TPSA) is 58.2 Å². The van der Waals surface area contributed by atoms with Gasteiger partial charge in [0.1, 0.15) is 0 Å². The highest BCUT2D eigenvalue weighted by Gasteiger charge is 2.17. The molecule has 2 aromatic rings. The van der Waals surface area contributed by atoms with Crippen LogP contribution in [0.5, 0.6) is 0 Å². The number of anilines is 1. The fourth-order valence-corrected chi connectivity index (χ4v) is 2.29. The summed E-state index contributed by atoms with van der Waals surface area (Å²) in [6.45, 7) is 1.76. The number of halogens is 1. The smallest absolute Gasteiger partial charge is 0.241 e. The molecule has 4 nitrogen and oxygen atoms in total. The first-order valence-electron chi connectivity index (χ1n) is 6.90. The Balaban J connectivity index is 2.36. The van der Waals surface area contributed by atoms with Gasteiger partial charge in [0.25, 0.3) is 0 Å². The van der Waals surface area contributed by atoms with E-state index >= 15 is 0 Å². The van der Waals surface area contributed by atoms with Crippen LogP contribution < -0.4 is 10.6 Å². The second-order valence-corrected chi connectivity index (χ2v) is 5.80. The van der Waals surface area contributed by atoms with E-state index in [1.54, 1.807) is 44.3 Å². The quantitative estimate of drug-likeness (QED) is 0.804. The van der Waals surface area contributed by atoms with Crippen molar-refractivity contribution in [2.45, 2.75) is 13.0 Å². The van der Waals surface area contributed by atoms with Crippen LogP contribution in [-0.2, 0) is 4.79 Å². The molecule has 0 aliphatic rings. The number of nitrogens with one attached hydrogen (secondary N) is 2. The van der Waals surface area contributed by atoms with Crippen LogP contribution in [0.15, 0.2) is 53.0 Å². The Morgan fingerprint density at radius 2 is 1.77 bits per heavy atom. The summed E-state index contributed by atoms with van der Waals surface area (Å²) in [6.07, 6.45) is 0. The Kier molecular flexibility index (Phi) is 5.46. The molecule has 1 unspecified atom stereocenters. The maximum absolute atomic E-state index is 12.7. The molecule has 0 radical (unpaired) electrons. The summed E-state index contributed by atoms with van der Waals surface area (Å²) in [5.74, 6) is -0.318. The van der Waals surface area contributed by atoms with Crippen molar-refractivity contribution >= 4 is 33.3 Å². The molecule has 0 bridgehead atoms. The minimum atomic E-state index is -0.344. The molecule has 0 spiro atoms. The van der Waals surface area contributed by atoms with Crippen molar-refractivity contribution in [2.24, 2.45) is 0 Å². The van der Waals surface area contributed by atoms with Gasteiger partial charge in [-0.1, -0.05) is 46.3 Å². The van der Waals surface area contributed by atoms with Gasteiger partial charge in [-0.25, -0.2) is 0 Å². The number of carbonyl (C=O) groups is 2. The van der Waals surface area contributed by atoms with Crippen LogP contribution >= 0.6 is 15.9 Å². The van der Waals surface area contributed by atoms with Crippen molar-refractivity contribution in [1.82, 2.24) is 5.32 Å². The number of ketones is 1. The molecule has 5 heteroatoms. The first kappa shape index (κ1) is 16.4. The number of amides is 1. The molecule has 0 saturated carbocycles. The van der Waals surface area contributed by atoms with Crippen LogP contribution in [0.4, 0.5) is 5.69 Å². The Bertz CT molecular complexity index is 686. The van der Waals surface area contributed by atoms with Gasteiger partial charge in [-0.05, 0) is 32.2 Å². The summed E-state index contributed by atoms with van der Waals surface area (Å²) < 4.78 is 0.784. The summed E-state index contributed by atoms with van der Waals surface area (Å²) in [5.41, 5.74) is 1.54.